The van der Waals surface area contributed by atoms with Crippen LogP contribution in [-0.2, 0) is 4.79 Å². The first kappa shape index (κ1) is 19.7. The number of hydrogen-bond acceptors (Lipinski definition) is 3. The molecule has 0 radical (unpaired) electrons. The smallest absolute Gasteiger partial charge is 0.321 e. The van der Waals surface area contributed by atoms with E-state index in [1.54, 1.807) is 4.90 Å². The van der Waals surface area contributed by atoms with E-state index in [1.807, 2.05) is 30.3 Å². The maximum absolute atomic E-state index is 12.4. The molecule has 3 rings (SSSR count). The first-order valence-corrected chi connectivity index (χ1v) is 10.3. The topological polar surface area (TPSA) is 64.7 Å². The molecule has 27 heavy (non-hydrogen) atoms. The van der Waals surface area contributed by atoms with Crippen molar-refractivity contribution in [3.63, 3.8) is 0 Å². The van der Waals surface area contributed by atoms with Crippen LogP contribution in [0.3, 0.4) is 0 Å². The van der Waals surface area contributed by atoms with E-state index in [-0.39, 0.29) is 17.9 Å². The van der Waals surface area contributed by atoms with Crippen molar-refractivity contribution in [3.8, 4) is 0 Å². The van der Waals surface area contributed by atoms with E-state index in [9.17, 15) is 9.59 Å². The summed E-state index contributed by atoms with van der Waals surface area (Å²) in [6.45, 7) is 5.51. The highest BCUT2D eigenvalue weighted by molar-refractivity contribution is 5.89. The summed E-state index contributed by atoms with van der Waals surface area (Å²) in [5.41, 5.74) is 0.802. The van der Waals surface area contributed by atoms with Crippen LogP contribution in [0.2, 0.25) is 0 Å². The summed E-state index contributed by atoms with van der Waals surface area (Å²) in [6, 6.07) is 9.40. The van der Waals surface area contributed by atoms with Gasteiger partial charge in [0.25, 0.3) is 0 Å². The minimum absolute atomic E-state index is 0.0285. The second kappa shape index (κ2) is 10.3. The van der Waals surface area contributed by atoms with Crippen molar-refractivity contribution in [1.29, 1.82) is 0 Å². The van der Waals surface area contributed by atoms with Crippen LogP contribution in [0.4, 0.5) is 10.5 Å². The zero-order valence-electron chi connectivity index (χ0n) is 16.2. The van der Waals surface area contributed by atoms with Gasteiger partial charge in [-0.25, -0.2) is 4.79 Å². The summed E-state index contributed by atoms with van der Waals surface area (Å²) in [5, 5.41) is 6.00. The van der Waals surface area contributed by atoms with Gasteiger partial charge in [-0.15, -0.1) is 0 Å². The Morgan fingerprint density at radius 2 is 1.67 bits per heavy atom. The molecule has 6 nitrogen and oxygen atoms in total. The quantitative estimate of drug-likeness (QED) is 0.755. The van der Waals surface area contributed by atoms with E-state index in [0.29, 0.717) is 13.1 Å². The lowest BCUT2D eigenvalue weighted by atomic mass is 9.96. The molecule has 0 saturated carbocycles. The molecule has 2 saturated heterocycles. The summed E-state index contributed by atoms with van der Waals surface area (Å²) in [5.74, 6) is 0.178. The Labute approximate surface area is 162 Å². The van der Waals surface area contributed by atoms with Gasteiger partial charge in [0.15, 0.2) is 0 Å². The van der Waals surface area contributed by atoms with Crippen LogP contribution >= 0.6 is 0 Å². The Morgan fingerprint density at radius 3 is 2.37 bits per heavy atom. The van der Waals surface area contributed by atoms with E-state index in [0.717, 1.165) is 38.0 Å². The number of amides is 3. The summed E-state index contributed by atoms with van der Waals surface area (Å²) < 4.78 is 0. The van der Waals surface area contributed by atoms with Crippen molar-refractivity contribution < 1.29 is 9.59 Å². The van der Waals surface area contributed by atoms with Crippen molar-refractivity contribution >= 4 is 17.6 Å². The molecule has 1 aromatic carbocycles. The van der Waals surface area contributed by atoms with Gasteiger partial charge in [-0.2, -0.15) is 0 Å². The third kappa shape index (κ3) is 6.24. The Morgan fingerprint density at radius 1 is 0.963 bits per heavy atom. The fraction of sp³-hybridized carbons (Fsp3) is 0.619. The van der Waals surface area contributed by atoms with E-state index >= 15 is 0 Å². The number of urea groups is 1. The Hall–Kier alpha value is -2.08. The molecule has 0 unspecified atom stereocenters. The van der Waals surface area contributed by atoms with Crippen LogP contribution in [0.15, 0.2) is 30.3 Å². The molecule has 2 aliphatic heterocycles. The zero-order chi connectivity index (χ0) is 18.9. The van der Waals surface area contributed by atoms with Crippen molar-refractivity contribution in [2.75, 3.05) is 44.6 Å². The molecule has 148 valence electrons. The average Bonchev–Trinajstić information content (AvgIpc) is 2.72. The van der Waals surface area contributed by atoms with Gasteiger partial charge in [0.05, 0.1) is 0 Å². The molecule has 6 heteroatoms. The first-order chi connectivity index (χ1) is 13.2. The number of nitrogens with zero attached hydrogens (tertiary/aromatic N) is 2. The molecular weight excluding hydrogens is 340 g/mol. The van der Waals surface area contributed by atoms with Crippen molar-refractivity contribution in [3.05, 3.63) is 30.3 Å². The number of para-hydroxylation sites is 1. The lowest BCUT2D eigenvalue weighted by Crippen LogP contribution is -2.44. The van der Waals surface area contributed by atoms with Gasteiger partial charge in [0.2, 0.25) is 5.91 Å². The summed E-state index contributed by atoms with van der Waals surface area (Å²) >= 11 is 0. The van der Waals surface area contributed by atoms with E-state index < -0.39 is 0 Å². The third-order valence-electron chi connectivity index (χ3n) is 5.58. The highest BCUT2D eigenvalue weighted by Gasteiger charge is 2.27. The Kier molecular flexibility index (Phi) is 7.51. The monoisotopic (exact) mass is 372 g/mol. The molecule has 0 aliphatic carbocycles. The summed E-state index contributed by atoms with van der Waals surface area (Å²) in [6.07, 6.45) is 6.46. The molecule has 3 amide bonds. The van der Waals surface area contributed by atoms with Crippen LogP contribution in [0.1, 0.15) is 38.5 Å². The van der Waals surface area contributed by atoms with Crippen LogP contribution in [0.25, 0.3) is 0 Å². The van der Waals surface area contributed by atoms with Crippen LogP contribution < -0.4 is 10.6 Å². The lowest BCUT2D eigenvalue weighted by molar-refractivity contribution is -0.126. The van der Waals surface area contributed by atoms with Crippen molar-refractivity contribution in [2.45, 2.75) is 38.5 Å². The van der Waals surface area contributed by atoms with E-state index in [1.165, 1.54) is 32.4 Å². The molecule has 2 N–H and O–H groups in total. The molecule has 0 bridgehead atoms. The zero-order valence-corrected chi connectivity index (χ0v) is 16.2. The maximum atomic E-state index is 12.4. The van der Waals surface area contributed by atoms with Gasteiger partial charge in [-0.3, -0.25) is 4.79 Å². The maximum Gasteiger partial charge on any atom is 0.321 e. The second-order valence-electron chi connectivity index (χ2n) is 7.60. The average molecular weight is 373 g/mol. The molecule has 0 spiro atoms. The Bertz CT molecular complexity index is 593. The van der Waals surface area contributed by atoms with Crippen molar-refractivity contribution in [1.82, 2.24) is 15.1 Å². The Balaban J connectivity index is 1.31. The number of anilines is 1. The summed E-state index contributed by atoms with van der Waals surface area (Å²) in [7, 11) is 0. The molecule has 0 atom stereocenters. The van der Waals surface area contributed by atoms with Gasteiger partial charge >= 0.3 is 6.03 Å². The fourth-order valence-electron chi connectivity index (χ4n) is 3.91. The van der Waals surface area contributed by atoms with Gasteiger partial charge in [0.1, 0.15) is 0 Å². The minimum atomic E-state index is -0.0819. The lowest BCUT2D eigenvalue weighted by Gasteiger charge is -2.31. The minimum Gasteiger partial charge on any atom is -0.356 e. The normalized spacial score (nSPS) is 18.9. The largest absolute Gasteiger partial charge is 0.356 e. The van der Waals surface area contributed by atoms with Crippen LogP contribution in [-0.4, -0.2) is 61.0 Å². The second-order valence-corrected chi connectivity index (χ2v) is 7.60. The summed E-state index contributed by atoms with van der Waals surface area (Å²) in [4.78, 5) is 29.0. The number of piperidine rings is 2. The predicted molar refractivity (Wildman–Crippen MR) is 108 cm³/mol. The SMILES string of the molecule is O=C(NCCCN1CCCCC1)C1CCN(C(=O)Nc2ccccc2)CC1. The molecule has 2 aliphatic rings. The molecular formula is C21H32N4O2. The number of nitrogens with one attached hydrogen (secondary N) is 2. The molecule has 0 aromatic heterocycles. The van der Waals surface area contributed by atoms with Gasteiger partial charge in [-0.1, -0.05) is 24.6 Å². The molecule has 1 aromatic rings. The number of hydrogen-bond donors (Lipinski definition) is 2. The predicted octanol–water partition coefficient (Wildman–Crippen LogP) is 2.92. The molecule has 2 heterocycles. The van der Waals surface area contributed by atoms with Gasteiger partial charge in [-0.05, 0) is 63.9 Å². The number of likely N-dealkylation sites (tertiary alicyclic amines) is 2. The highest BCUT2D eigenvalue weighted by atomic mass is 16.2. The molecule has 2 fully saturated rings. The number of carbonyl (C=O) groups excluding carboxylic acids is 2. The van der Waals surface area contributed by atoms with Gasteiger partial charge in [0, 0.05) is 31.2 Å². The van der Waals surface area contributed by atoms with Crippen molar-refractivity contribution in [2.24, 2.45) is 5.92 Å². The van der Waals surface area contributed by atoms with Crippen LogP contribution in [0, 0.1) is 5.92 Å². The standard InChI is InChI=1S/C21H32N4O2/c26-20(22-12-7-15-24-13-5-2-6-14-24)18-10-16-25(17-11-18)21(27)23-19-8-3-1-4-9-19/h1,3-4,8-9,18H,2,5-7,10-17H2,(H,22,26)(H,23,27). The van der Waals surface area contributed by atoms with E-state index in [4.69, 9.17) is 0 Å². The van der Waals surface area contributed by atoms with Gasteiger partial charge < -0.3 is 20.4 Å². The van der Waals surface area contributed by atoms with E-state index in [2.05, 4.69) is 15.5 Å². The third-order valence-corrected chi connectivity index (χ3v) is 5.58. The fourth-order valence-corrected chi connectivity index (χ4v) is 3.91. The number of carbonyl (C=O) groups is 2. The van der Waals surface area contributed by atoms with Crippen LogP contribution in [0.5, 0.6) is 0 Å². The number of rotatable bonds is 6. The highest BCUT2D eigenvalue weighted by Crippen LogP contribution is 2.18. The number of benzene rings is 1. The first-order valence-electron chi connectivity index (χ1n) is 10.3.